The lowest BCUT2D eigenvalue weighted by Crippen LogP contribution is -2.02. The molecule has 0 saturated carbocycles. The Kier molecular flexibility index (Phi) is 3.64. The molecule has 0 unspecified atom stereocenters. The summed E-state index contributed by atoms with van der Waals surface area (Å²) in [5.74, 6) is 0. The fourth-order valence-corrected chi connectivity index (χ4v) is 1.89. The summed E-state index contributed by atoms with van der Waals surface area (Å²) in [6.07, 6.45) is 1.80. The van der Waals surface area contributed by atoms with Gasteiger partial charge < -0.3 is 5.32 Å². The van der Waals surface area contributed by atoms with Gasteiger partial charge in [0.05, 0.1) is 5.52 Å². The molecule has 0 fully saturated rings. The summed E-state index contributed by atoms with van der Waals surface area (Å²) in [6, 6.07) is 7.76. The van der Waals surface area contributed by atoms with Crippen molar-refractivity contribution < 1.29 is 0 Å². The second kappa shape index (κ2) is 4.99. The van der Waals surface area contributed by atoms with Crippen molar-refractivity contribution in [3.05, 3.63) is 35.5 Å². The molecule has 0 atom stereocenters. The number of rotatable bonds is 3. The summed E-state index contributed by atoms with van der Waals surface area (Å²) in [5.41, 5.74) is 2.05. The van der Waals surface area contributed by atoms with E-state index in [4.69, 9.17) is 11.6 Å². The van der Waals surface area contributed by atoms with Crippen molar-refractivity contribution >= 4 is 50.8 Å². The average molecular weight is 333 g/mol. The van der Waals surface area contributed by atoms with Crippen molar-refractivity contribution in [2.45, 2.75) is 0 Å². The Morgan fingerprint density at radius 2 is 2.20 bits per heavy atom. The summed E-state index contributed by atoms with van der Waals surface area (Å²) in [4.78, 5) is 4.28. The van der Waals surface area contributed by atoms with Gasteiger partial charge in [-0.3, -0.25) is 4.98 Å². The topological polar surface area (TPSA) is 24.9 Å². The normalized spacial score (nSPS) is 10.5. The summed E-state index contributed by atoms with van der Waals surface area (Å²) in [6.45, 7) is 0.961. The highest BCUT2D eigenvalue weighted by molar-refractivity contribution is 14.1. The minimum Gasteiger partial charge on any atom is -0.384 e. The predicted molar refractivity (Wildman–Crippen MR) is 74.1 cm³/mol. The molecule has 0 aliphatic heterocycles. The Balaban J connectivity index is 2.46. The maximum Gasteiger partial charge on any atom is 0.0737 e. The number of fused-ring (bicyclic) bond motifs is 1. The largest absolute Gasteiger partial charge is 0.384 e. The Morgan fingerprint density at radius 3 is 3.00 bits per heavy atom. The van der Waals surface area contributed by atoms with E-state index in [1.165, 1.54) is 0 Å². The lowest BCUT2D eigenvalue weighted by molar-refractivity contribution is 1.25. The molecule has 0 aliphatic carbocycles. The molecule has 2 aromatic rings. The van der Waals surface area contributed by atoms with E-state index >= 15 is 0 Å². The first-order valence-corrected chi connectivity index (χ1v) is 6.56. The van der Waals surface area contributed by atoms with Gasteiger partial charge in [-0.25, -0.2) is 0 Å². The van der Waals surface area contributed by atoms with Gasteiger partial charge in [-0.2, -0.15) is 0 Å². The van der Waals surface area contributed by atoms with E-state index in [0.29, 0.717) is 0 Å². The second-order valence-electron chi connectivity index (χ2n) is 3.14. The maximum atomic E-state index is 5.91. The molecule has 15 heavy (non-hydrogen) atoms. The second-order valence-corrected chi connectivity index (χ2v) is 4.65. The number of hydrogen-bond acceptors (Lipinski definition) is 2. The molecule has 0 radical (unpaired) electrons. The standard InChI is InChI=1S/C11H10ClIN2/c12-8-1-2-9-10(15-6-4-13)3-5-14-11(9)7-8/h1-3,5,7H,4,6H2,(H,14,15). The molecule has 78 valence electrons. The molecule has 1 heterocycles. The molecular formula is C11H10ClIN2. The molecule has 0 amide bonds. The van der Waals surface area contributed by atoms with E-state index in [0.717, 1.165) is 32.6 Å². The minimum atomic E-state index is 0.723. The minimum absolute atomic E-state index is 0.723. The highest BCUT2D eigenvalue weighted by atomic mass is 127. The van der Waals surface area contributed by atoms with Crippen molar-refractivity contribution in [2.75, 3.05) is 16.3 Å². The Morgan fingerprint density at radius 1 is 1.33 bits per heavy atom. The molecule has 4 heteroatoms. The van der Waals surface area contributed by atoms with Gasteiger partial charge in [-0.05, 0) is 24.3 Å². The molecule has 0 saturated heterocycles. The van der Waals surface area contributed by atoms with E-state index in [1.54, 1.807) is 6.20 Å². The monoisotopic (exact) mass is 332 g/mol. The predicted octanol–water partition coefficient (Wildman–Crippen LogP) is 3.74. The quantitative estimate of drug-likeness (QED) is 0.684. The fraction of sp³-hybridized carbons (Fsp3) is 0.182. The highest BCUT2D eigenvalue weighted by Crippen LogP contribution is 2.24. The zero-order valence-electron chi connectivity index (χ0n) is 8.00. The zero-order valence-corrected chi connectivity index (χ0v) is 10.9. The van der Waals surface area contributed by atoms with Gasteiger partial charge in [0.15, 0.2) is 0 Å². The summed E-state index contributed by atoms with van der Waals surface area (Å²) in [7, 11) is 0. The zero-order chi connectivity index (χ0) is 10.7. The van der Waals surface area contributed by atoms with Crippen LogP contribution in [-0.4, -0.2) is 16.0 Å². The van der Waals surface area contributed by atoms with E-state index in [-0.39, 0.29) is 0 Å². The smallest absolute Gasteiger partial charge is 0.0737 e. The first-order valence-electron chi connectivity index (χ1n) is 4.65. The van der Waals surface area contributed by atoms with Crippen LogP contribution in [0.25, 0.3) is 10.9 Å². The molecule has 0 bridgehead atoms. The maximum absolute atomic E-state index is 5.91. The van der Waals surface area contributed by atoms with Crippen molar-refractivity contribution in [1.82, 2.24) is 4.98 Å². The van der Waals surface area contributed by atoms with Crippen LogP contribution < -0.4 is 5.32 Å². The number of benzene rings is 1. The van der Waals surface area contributed by atoms with Crippen molar-refractivity contribution in [3.8, 4) is 0 Å². The third kappa shape index (κ3) is 2.52. The van der Waals surface area contributed by atoms with Crippen molar-refractivity contribution in [2.24, 2.45) is 0 Å². The molecule has 1 N–H and O–H groups in total. The van der Waals surface area contributed by atoms with Gasteiger partial charge >= 0.3 is 0 Å². The number of nitrogens with zero attached hydrogens (tertiary/aromatic N) is 1. The van der Waals surface area contributed by atoms with Crippen LogP contribution in [0.2, 0.25) is 5.02 Å². The number of hydrogen-bond donors (Lipinski definition) is 1. The van der Waals surface area contributed by atoms with Crippen LogP contribution in [0.1, 0.15) is 0 Å². The summed E-state index contributed by atoms with van der Waals surface area (Å²) < 4.78 is 1.08. The molecule has 2 nitrogen and oxygen atoms in total. The molecule has 2 rings (SSSR count). The van der Waals surface area contributed by atoms with Crippen LogP contribution in [0, 0.1) is 0 Å². The summed E-state index contributed by atoms with van der Waals surface area (Å²) in [5, 5.41) is 5.21. The van der Waals surface area contributed by atoms with Gasteiger partial charge in [0.1, 0.15) is 0 Å². The lowest BCUT2D eigenvalue weighted by atomic mass is 10.2. The fourth-order valence-electron chi connectivity index (χ4n) is 1.46. The highest BCUT2D eigenvalue weighted by Gasteiger charge is 2.01. The van der Waals surface area contributed by atoms with E-state index in [2.05, 4.69) is 32.9 Å². The Labute approximate surface area is 107 Å². The Bertz CT molecular complexity index is 473. The SMILES string of the molecule is Clc1ccc2c(NCCI)ccnc2c1. The third-order valence-corrected chi connectivity index (χ3v) is 2.89. The molecule has 1 aromatic carbocycles. The van der Waals surface area contributed by atoms with Crippen LogP contribution in [0.15, 0.2) is 30.5 Å². The van der Waals surface area contributed by atoms with E-state index in [9.17, 15) is 0 Å². The van der Waals surface area contributed by atoms with E-state index < -0.39 is 0 Å². The van der Waals surface area contributed by atoms with Crippen LogP contribution >= 0.6 is 34.2 Å². The number of anilines is 1. The average Bonchev–Trinajstić information content (AvgIpc) is 2.25. The van der Waals surface area contributed by atoms with Crippen LogP contribution in [0.3, 0.4) is 0 Å². The third-order valence-electron chi connectivity index (χ3n) is 2.11. The Hall–Kier alpha value is -0.550. The van der Waals surface area contributed by atoms with Gasteiger partial charge in [0.25, 0.3) is 0 Å². The first-order chi connectivity index (χ1) is 7.31. The van der Waals surface area contributed by atoms with Gasteiger partial charge in [-0.1, -0.05) is 34.2 Å². The molecule has 0 spiro atoms. The summed E-state index contributed by atoms with van der Waals surface area (Å²) >= 11 is 8.26. The van der Waals surface area contributed by atoms with Gasteiger partial charge in [0.2, 0.25) is 0 Å². The van der Waals surface area contributed by atoms with Crippen LogP contribution in [0.4, 0.5) is 5.69 Å². The molecule has 1 aromatic heterocycles. The number of pyridine rings is 1. The lowest BCUT2D eigenvalue weighted by Gasteiger charge is -2.07. The van der Waals surface area contributed by atoms with Crippen LogP contribution in [0.5, 0.6) is 0 Å². The molecule has 0 aliphatic rings. The number of alkyl halides is 1. The van der Waals surface area contributed by atoms with Crippen molar-refractivity contribution in [1.29, 1.82) is 0 Å². The molecular weight excluding hydrogens is 322 g/mol. The number of halogens is 2. The van der Waals surface area contributed by atoms with Crippen molar-refractivity contribution in [3.63, 3.8) is 0 Å². The van der Waals surface area contributed by atoms with Gasteiger partial charge in [0, 0.05) is 33.3 Å². The number of aromatic nitrogens is 1. The van der Waals surface area contributed by atoms with Crippen LogP contribution in [-0.2, 0) is 0 Å². The first kappa shape index (κ1) is 11.0. The number of nitrogens with one attached hydrogen (secondary N) is 1. The van der Waals surface area contributed by atoms with Gasteiger partial charge in [-0.15, -0.1) is 0 Å². The van der Waals surface area contributed by atoms with E-state index in [1.807, 2.05) is 24.3 Å².